The van der Waals surface area contributed by atoms with Crippen LogP contribution in [0.2, 0.25) is 0 Å². The molecule has 32 heavy (non-hydrogen) atoms. The molecule has 0 aliphatic carbocycles. The summed E-state index contributed by atoms with van der Waals surface area (Å²) in [5, 5.41) is 2.49. The van der Waals surface area contributed by atoms with E-state index in [1.54, 1.807) is 36.5 Å². The van der Waals surface area contributed by atoms with E-state index in [2.05, 4.69) is 38.7 Å². The fourth-order valence-corrected chi connectivity index (χ4v) is 3.00. The Labute approximate surface area is 181 Å². The Morgan fingerprint density at radius 3 is 2.72 bits per heavy atom. The van der Waals surface area contributed by atoms with E-state index in [0.717, 1.165) is 17.6 Å². The standard InChI is InChI=1S/C24H15F3N4O/c1-2-16-8-9-18(23(32)31-20-5-3-4-19(12-20)24(25,26)27)11-17(16)7-6-15-10-21-22(28-13-15)30-14-29-21/h2-5,8-14H,1H2,(H,31,32)(H,28,29,30). The van der Waals surface area contributed by atoms with Crippen LogP contribution < -0.4 is 5.32 Å². The monoisotopic (exact) mass is 432 g/mol. The molecule has 0 bridgehead atoms. The number of amides is 1. The Balaban J connectivity index is 1.61. The lowest BCUT2D eigenvalue weighted by Crippen LogP contribution is -2.13. The van der Waals surface area contributed by atoms with Gasteiger partial charge in [-0.05, 0) is 42.0 Å². The Hall–Kier alpha value is -4.38. The maximum atomic E-state index is 12.9. The number of carbonyl (C=O) groups excluding carboxylic acids is 1. The highest BCUT2D eigenvalue weighted by Gasteiger charge is 2.30. The number of nitrogens with zero attached hydrogens (tertiary/aromatic N) is 2. The maximum absolute atomic E-state index is 12.9. The first kappa shape index (κ1) is 20.9. The number of fused-ring (bicyclic) bond motifs is 1. The first-order valence-electron chi connectivity index (χ1n) is 9.40. The molecule has 0 radical (unpaired) electrons. The van der Waals surface area contributed by atoms with Crippen LogP contribution in [0.3, 0.4) is 0 Å². The van der Waals surface area contributed by atoms with Crippen LogP contribution in [0.5, 0.6) is 0 Å². The zero-order valence-electron chi connectivity index (χ0n) is 16.5. The van der Waals surface area contributed by atoms with Gasteiger partial charge in [0.1, 0.15) is 0 Å². The number of aromatic nitrogens is 3. The van der Waals surface area contributed by atoms with Crippen LogP contribution in [0.15, 0.2) is 67.6 Å². The number of alkyl halides is 3. The minimum atomic E-state index is -4.50. The molecule has 0 atom stereocenters. The molecule has 2 heterocycles. The topological polar surface area (TPSA) is 70.7 Å². The molecule has 5 nitrogen and oxygen atoms in total. The summed E-state index contributed by atoms with van der Waals surface area (Å²) >= 11 is 0. The van der Waals surface area contributed by atoms with Gasteiger partial charge >= 0.3 is 6.18 Å². The van der Waals surface area contributed by atoms with Crippen molar-refractivity contribution in [2.75, 3.05) is 5.32 Å². The average molecular weight is 432 g/mol. The van der Waals surface area contributed by atoms with E-state index >= 15 is 0 Å². The molecule has 8 heteroatoms. The third-order valence-electron chi connectivity index (χ3n) is 4.60. The molecule has 2 aromatic carbocycles. The molecule has 0 aliphatic rings. The molecule has 1 amide bonds. The predicted octanol–water partition coefficient (Wildman–Crippen LogP) is 5.27. The summed E-state index contributed by atoms with van der Waals surface area (Å²) in [6.07, 6.45) is 0.239. The van der Waals surface area contributed by atoms with Gasteiger partial charge in [0.2, 0.25) is 0 Å². The Morgan fingerprint density at radius 1 is 1.09 bits per heavy atom. The zero-order chi connectivity index (χ0) is 22.7. The first-order valence-corrected chi connectivity index (χ1v) is 9.40. The molecule has 4 rings (SSSR count). The van der Waals surface area contributed by atoms with E-state index in [1.165, 1.54) is 18.5 Å². The van der Waals surface area contributed by atoms with Crippen molar-refractivity contribution >= 4 is 28.8 Å². The fraction of sp³-hybridized carbons (Fsp3) is 0.0417. The molecule has 158 valence electrons. The number of carbonyl (C=O) groups is 1. The van der Waals surface area contributed by atoms with Crippen LogP contribution in [-0.2, 0) is 6.18 Å². The number of nitrogens with one attached hydrogen (secondary N) is 2. The molecular formula is C24H15F3N4O. The summed E-state index contributed by atoms with van der Waals surface area (Å²) in [7, 11) is 0. The third kappa shape index (κ3) is 4.52. The highest BCUT2D eigenvalue weighted by molar-refractivity contribution is 6.04. The number of pyridine rings is 1. The average Bonchev–Trinajstić information content (AvgIpc) is 3.25. The molecule has 2 aromatic heterocycles. The van der Waals surface area contributed by atoms with Crippen LogP contribution in [0, 0.1) is 11.8 Å². The Morgan fingerprint density at radius 2 is 1.94 bits per heavy atom. The van der Waals surface area contributed by atoms with Gasteiger partial charge in [-0.1, -0.05) is 36.6 Å². The molecular weight excluding hydrogens is 417 g/mol. The molecule has 0 saturated carbocycles. The first-order chi connectivity index (χ1) is 15.3. The SMILES string of the molecule is C=Cc1ccc(C(=O)Nc2cccc(C(F)(F)F)c2)cc1C#Cc1cnc2nc[nH]c2c1. The Bertz CT molecular complexity index is 1390. The molecule has 0 unspecified atom stereocenters. The lowest BCUT2D eigenvalue weighted by molar-refractivity contribution is -0.137. The van der Waals surface area contributed by atoms with E-state index < -0.39 is 17.6 Å². The number of hydrogen-bond donors (Lipinski definition) is 2. The van der Waals surface area contributed by atoms with Gasteiger partial charge in [0.15, 0.2) is 5.65 Å². The van der Waals surface area contributed by atoms with Crippen LogP contribution in [0.1, 0.15) is 32.6 Å². The van der Waals surface area contributed by atoms with Gasteiger partial charge < -0.3 is 10.3 Å². The van der Waals surface area contributed by atoms with Crippen LogP contribution in [0.25, 0.3) is 17.2 Å². The second kappa shape index (κ2) is 8.40. The Kier molecular flexibility index (Phi) is 5.48. The van der Waals surface area contributed by atoms with E-state index in [9.17, 15) is 18.0 Å². The second-order valence-electron chi connectivity index (χ2n) is 6.79. The van der Waals surface area contributed by atoms with E-state index in [0.29, 0.717) is 22.3 Å². The normalized spacial score (nSPS) is 11.0. The van der Waals surface area contributed by atoms with Gasteiger partial charge in [0, 0.05) is 28.6 Å². The van der Waals surface area contributed by atoms with Crippen LogP contribution in [0.4, 0.5) is 18.9 Å². The largest absolute Gasteiger partial charge is 0.416 e. The highest BCUT2D eigenvalue weighted by atomic mass is 19.4. The van der Waals surface area contributed by atoms with Crippen molar-refractivity contribution in [3.8, 4) is 11.8 Å². The van der Waals surface area contributed by atoms with E-state index in [-0.39, 0.29) is 11.3 Å². The molecule has 0 saturated heterocycles. The van der Waals surface area contributed by atoms with E-state index in [1.807, 2.05) is 0 Å². The lowest BCUT2D eigenvalue weighted by Gasteiger charge is -2.10. The quantitative estimate of drug-likeness (QED) is 0.433. The summed E-state index contributed by atoms with van der Waals surface area (Å²) in [5.41, 5.74) is 2.68. The van der Waals surface area contributed by atoms with Gasteiger partial charge in [-0.2, -0.15) is 13.2 Å². The summed E-state index contributed by atoms with van der Waals surface area (Å²) in [5.74, 6) is 5.44. The molecule has 4 aromatic rings. The number of imidazole rings is 1. The maximum Gasteiger partial charge on any atom is 0.416 e. The number of aromatic amines is 1. The predicted molar refractivity (Wildman–Crippen MR) is 116 cm³/mol. The summed E-state index contributed by atoms with van der Waals surface area (Å²) in [6.45, 7) is 3.76. The minimum Gasteiger partial charge on any atom is -0.343 e. The molecule has 0 fully saturated rings. The van der Waals surface area contributed by atoms with Crippen molar-refractivity contribution in [2.45, 2.75) is 6.18 Å². The van der Waals surface area contributed by atoms with E-state index in [4.69, 9.17) is 0 Å². The van der Waals surface area contributed by atoms with Crippen molar-refractivity contribution in [1.29, 1.82) is 0 Å². The summed E-state index contributed by atoms with van der Waals surface area (Å²) in [6, 6.07) is 11.1. The number of benzene rings is 2. The molecule has 2 N–H and O–H groups in total. The number of halogens is 3. The molecule has 0 aliphatic heterocycles. The number of anilines is 1. The van der Waals surface area contributed by atoms with Gasteiger partial charge in [-0.25, -0.2) is 9.97 Å². The number of hydrogen-bond acceptors (Lipinski definition) is 3. The smallest absolute Gasteiger partial charge is 0.343 e. The van der Waals surface area contributed by atoms with Gasteiger partial charge in [0.25, 0.3) is 5.91 Å². The van der Waals surface area contributed by atoms with Crippen molar-refractivity contribution < 1.29 is 18.0 Å². The zero-order valence-corrected chi connectivity index (χ0v) is 16.5. The molecule has 0 spiro atoms. The lowest BCUT2D eigenvalue weighted by atomic mass is 10.0. The number of H-pyrrole nitrogens is 1. The van der Waals surface area contributed by atoms with Crippen molar-refractivity contribution in [1.82, 2.24) is 15.0 Å². The third-order valence-corrected chi connectivity index (χ3v) is 4.60. The summed E-state index contributed by atoms with van der Waals surface area (Å²) in [4.78, 5) is 23.8. The van der Waals surface area contributed by atoms with Gasteiger partial charge in [-0.15, -0.1) is 0 Å². The van der Waals surface area contributed by atoms with Crippen molar-refractivity contribution in [2.24, 2.45) is 0 Å². The fourth-order valence-electron chi connectivity index (χ4n) is 3.00. The summed E-state index contributed by atoms with van der Waals surface area (Å²) < 4.78 is 38.7. The minimum absolute atomic E-state index is 0.0455. The number of rotatable bonds is 3. The van der Waals surface area contributed by atoms with Crippen LogP contribution >= 0.6 is 0 Å². The van der Waals surface area contributed by atoms with Crippen LogP contribution in [-0.4, -0.2) is 20.9 Å². The highest BCUT2D eigenvalue weighted by Crippen LogP contribution is 2.30. The second-order valence-corrected chi connectivity index (χ2v) is 6.79. The van der Waals surface area contributed by atoms with Gasteiger partial charge in [-0.3, -0.25) is 4.79 Å². The van der Waals surface area contributed by atoms with Crippen molar-refractivity contribution in [3.63, 3.8) is 0 Å². The van der Waals surface area contributed by atoms with Crippen molar-refractivity contribution in [3.05, 3.63) is 95.5 Å². The van der Waals surface area contributed by atoms with Gasteiger partial charge in [0.05, 0.1) is 17.4 Å².